The van der Waals surface area contributed by atoms with E-state index in [1.807, 2.05) is 0 Å². The van der Waals surface area contributed by atoms with Gasteiger partial charge < -0.3 is 28.8 Å². The molecular weight excluding hydrogens is 490 g/mol. The van der Waals surface area contributed by atoms with Crippen LogP contribution in [0.1, 0.15) is 0 Å². The first-order valence-corrected chi connectivity index (χ1v) is 12.2. The lowest BCUT2D eigenvalue weighted by atomic mass is 10.1. The number of aliphatic hydroxyl groups is 2. The largest absolute Gasteiger partial charge is 0.493 e. The molecule has 2 aromatic heterocycles. The van der Waals surface area contributed by atoms with Crippen molar-refractivity contribution in [3.8, 4) is 45.8 Å². The van der Waals surface area contributed by atoms with Crippen molar-refractivity contribution in [3.05, 3.63) is 67.1 Å². The molecule has 0 saturated heterocycles. The van der Waals surface area contributed by atoms with E-state index in [2.05, 4.69) is 9.97 Å². The normalized spacial score (nSPS) is 12.2. The molecule has 1 unspecified atom stereocenters. The zero-order chi connectivity index (χ0) is 25.7. The number of para-hydroxylation sites is 2. The van der Waals surface area contributed by atoms with E-state index in [9.17, 15) is 18.6 Å². The standard InChI is InChI=1S/C24H23N3O8S/c1-32-18-7-3-4-8-19(18)35-22-21(17-6-2-5-9-20(17)36(25,30)31)26-23(15-10-11-33-13-15)27-24(22)34-14-16(29)12-28/h2-11,13,16,28-29H,12,14H2,1H3,(H2,25,30,31). The third kappa shape index (κ3) is 5.47. The average Bonchev–Trinajstić information content (AvgIpc) is 3.42. The Kier molecular flexibility index (Phi) is 7.50. The van der Waals surface area contributed by atoms with Gasteiger partial charge in [-0.15, -0.1) is 0 Å². The van der Waals surface area contributed by atoms with Gasteiger partial charge in [-0.05, 0) is 24.3 Å². The Labute approximate surface area is 206 Å². The van der Waals surface area contributed by atoms with Crippen molar-refractivity contribution in [2.24, 2.45) is 5.14 Å². The number of furan rings is 1. The Hall–Kier alpha value is -3.97. The highest BCUT2D eigenvalue weighted by atomic mass is 32.2. The number of benzene rings is 2. The second-order valence-corrected chi connectivity index (χ2v) is 9.01. The summed E-state index contributed by atoms with van der Waals surface area (Å²) in [6.07, 6.45) is 1.61. The Balaban J connectivity index is 2.00. The number of hydrogen-bond donors (Lipinski definition) is 3. The maximum atomic E-state index is 12.4. The molecule has 0 aliphatic heterocycles. The molecule has 36 heavy (non-hydrogen) atoms. The second kappa shape index (κ2) is 10.7. The quantitative estimate of drug-likeness (QED) is 0.287. The minimum atomic E-state index is -4.17. The molecule has 4 aromatic rings. The molecule has 12 heteroatoms. The van der Waals surface area contributed by atoms with Crippen molar-refractivity contribution in [3.63, 3.8) is 0 Å². The molecule has 2 aromatic carbocycles. The Morgan fingerprint density at radius 3 is 2.44 bits per heavy atom. The maximum Gasteiger partial charge on any atom is 0.262 e. The van der Waals surface area contributed by atoms with Gasteiger partial charge in [0.25, 0.3) is 5.88 Å². The van der Waals surface area contributed by atoms with Crippen molar-refractivity contribution < 1.29 is 37.3 Å². The minimum absolute atomic E-state index is 0.0465. The molecule has 2 heterocycles. The number of hydrogen-bond acceptors (Lipinski definition) is 10. The van der Waals surface area contributed by atoms with Gasteiger partial charge in [-0.1, -0.05) is 30.3 Å². The van der Waals surface area contributed by atoms with E-state index in [1.54, 1.807) is 36.4 Å². The number of ether oxygens (including phenoxy) is 3. The summed E-state index contributed by atoms with van der Waals surface area (Å²) in [6, 6.07) is 14.4. The van der Waals surface area contributed by atoms with Gasteiger partial charge in [0.2, 0.25) is 15.8 Å². The fourth-order valence-corrected chi connectivity index (χ4v) is 4.01. The van der Waals surface area contributed by atoms with Gasteiger partial charge in [0, 0.05) is 5.56 Å². The number of primary sulfonamides is 1. The van der Waals surface area contributed by atoms with Crippen LogP contribution >= 0.6 is 0 Å². The number of sulfonamides is 1. The van der Waals surface area contributed by atoms with Crippen molar-refractivity contribution in [1.82, 2.24) is 9.97 Å². The zero-order valence-electron chi connectivity index (χ0n) is 19.1. The smallest absolute Gasteiger partial charge is 0.262 e. The van der Waals surface area contributed by atoms with E-state index in [1.165, 1.54) is 37.8 Å². The Morgan fingerprint density at radius 1 is 1.06 bits per heavy atom. The maximum absolute atomic E-state index is 12.4. The van der Waals surface area contributed by atoms with E-state index in [4.69, 9.17) is 23.8 Å². The summed E-state index contributed by atoms with van der Waals surface area (Å²) in [5.41, 5.74) is 0.649. The molecule has 0 fully saturated rings. The van der Waals surface area contributed by atoms with E-state index in [0.717, 1.165) is 0 Å². The molecule has 11 nitrogen and oxygen atoms in total. The highest BCUT2D eigenvalue weighted by molar-refractivity contribution is 7.89. The predicted molar refractivity (Wildman–Crippen MR) is 128 cm³/mol. The third-order valence-corrected chi connectivity index (χ3v) is 5.94. The predicted octanol–water partition coefficient (Wildman–Crippen LogP) is 2.58. The van der Waals surface area contributed by atoms with E-state index in [0.29, 0.717) is 11.3 Å². The van der Waals surface area contributed by atoms with Crippen LogP contribution in [0.3, 0.4) is 0 Å². The zero-order valence-corrected chi connectivity index (χ0v) is 19.9. The number of aromatic nitrogens is 2. The summed E-state index contributed by atoms with van der Waals surface area (Å²) in [5.74, 6) is 0.584. The van der Waals surface area contributed by atoms with Gasteiger partial charge in [-0.25, -0.2) is 18.5 Å². The van der Waals surface area contributed by atoms with Crippen molar-refractivity contribution in [1.29, 1.82) is 0 Å². The van der Waals surface area contributed by atoms with E-state index >= 15 is 0 Å². The number of nitrogens with zero attached hydrogens (tertiary/aromatic N) is 2. The topological polar surface area (TPSA) is 167 Å². The van der Waals surface area contributed by atoms with E-state index < -0.39 is 22.7 Å². The second-order valence-electron chi connectivity index (χ2n) is 7.48. The fourth-order valence-electron chi connectivity index (χ4n) is 3.27. The van der Waals surface area contributed by atoms with Gasteiger partial charge in [0.1, 0.15) is 24.7 Å². The number of nitrogens with two attached hydrogens (primary N) is 1. The molecule has 188 valence electrons. The van der Waals surface area contributed by atoms with Crippen LogP contribution in [0.15, 0.2) is 76.4 Å². The molecule has 0 bridgehead atoms. The van der Waals surface area contributed by atoms with Gasteiger partial charge in [0.05, 0.1) is 30.4 Å². The summed E-state index contributed by atoms with van der Waals surface area (Å²) in [4.78, 5) is 8.79. The molecule has 0 spiro atoms. The van der Waals surface area contributed by atoms with Crippen molar-refractivity contribution >= 4 is 10.0 Å². The van der Waals surface area contributed by atoms with Crippen LogP contribution in [0.2, 0.25) is 0 Å². The lowest BCUT2D eigenvalue weighted by Gasteiger charge is -2.19. The minimum Gasteiger partial charge on any atom is -0.493 e. The first-order chi connectivity index (χ1) is 17.3. The summed E-state index contributed by atoms with van der Waals surface area (Å²) < 4.78 is 47.2. The lowest BCUT2D eigenvalue weighted by Crippen LogP contribution is -2.22. The molecule has 0 saturated carbocycles. The number of rotatable bonds is 10. The highest BCUT2D eigenvalue weighted by Gasteiger charge is 2.26. The molecular formula is C24H23N3O8S. The number of methoxy groups -OCH3 is 1. The molecule has 4 N–H and O–H groups in total. The first kappa shape index (κ1) is 25.1. The van der Waals surface area contributed by atoms with Crippen LogP contribution in [0.5, 0.6) is 23.1 Å². The molecule has 0 aliphatic carbocycles. The van der Waals surface area contributed by atoms with Crippen LogP contribution in [-0.4, -0.2) is 55.0 Å². The average molecular weight is 514 g/mol. The number of aliphatic hydroxyl groups excluding tert-OH is 2. The van der Waals surface area contributed by atoms with Crippen LogP contribution in [0.4, 0.5) is 0 Å². The van der Waals surface area contributed by atoms with Crippen LogP contribution < -0.4 is 19.3 Å². The lowest BCUT2D eigenvalue weighted by molar-refractivity contribution is 0.0513. The van der Waals surface area contributed by atoms with Crippen molar-refractivity contribution in [2.75, 3.05) is 20.3 Å². The fraction of sp³-hybridized carbons (Fsp3) is 0.167. The SMILES string of the molecule is COc1ccccc1Oc1c(OCC(O)CO)nc(-c2ccoc2)nc1-c1ccccc1S(N)(=O)=O. The van der Waals surface area contributed by atoms with Crippen LogP contribution in [-0.2, 0) is 10.0 Å². The summed E-state index contributed by atoms with van der Waals surface area (Å²) >= 11 is 0. The van der Waals surface area contributed by atoms with Crippen LogP contribution in [0.25, 0.3) is 22.6 Å². The van der Waals surface area contributed by atoms with Crippen molar-refractivity contribution in [2.45, 2.75) is 11.0 Å². The Morgan fingerprint density at radius 2 is 1.78 bits per heavy atom. The molecule has 0 radical (unpaired) electrons. The molecule has 4 rings (SSSR count). The summed E-state index contributed by atoms with van der Waals surface area (Å²) in [6.45, 7) is -0.889. The third-order valence-electron chi connectivity index (χ3n) is 4.97. The molecule has 1 atom stereocenters. The molecule has 0 amide bonds. The van der Waals surface area contributed by atoms with E-state index in [-0.39, 0.29) is 46.0 Å². The van der Waals surface area contributed by atoms with Gasteiger partial charge >= 0.3 is 0 Å². The van der Waals surface area contributed by atoms with Gasteiger partial charge in [-0.2, -0.15) is 4.98 Å². The molecule has 0 aliphatic rings. The van der Waals surface area contributed by atoms with Gasteiger partial charge in [-0.3, -0.25) is 0 Å². The van der Waals surface area contributed by atoms with Gasteiger partial charge in [0.15, 0.2) is 17.3 Å². The highest BCUT2D eigenvalue weighted by Crippen LogP contribution is 2.43. The summed E-state index contributed by atoms with van der Waals surface area (Å²) in [5, 5.41) is 24.6. The summed E-state index contributed by atoms with van der Waals surface area (Å²) in [7, 11) is -2.70. The first-order valence-electron chi connectivity index (χ1n) is 10.6. The van der Waals surface area contributed by atoms with Crippen LogP contribution in [0, 0.1) is 0 Å². The monoisotopic (exact) mass is 513 g/mol. The Bertz CT molecular complexity index is 1440.